The van der Waals surface area contributed by atoms with E-state index >= 15 is 0 Å². The summed E-state index contributed by atoms with van der Waals surface area (Å²) in [5.74, 6) is 0. The van der Waals surface area contributed by atoms with E-state index in [1.165, 1.54) is 11.5 Å². The van der Waals surface area contributed by atoms with Gasteiger partial charge in [0, 0.05) is 11.9 Å². The Balaban J connectivity index is 2.22. The summed E-state index contributed by atoms with van der Waals surface area (Å²) in [4.78, 5) is 0. The quantitative estimate of drug-likeness (QED) is 0.838. The van der Waals surface area contributed by atoms with Gasteiger partial charge in [0.1, 0.15) is 5.00 Å². The van der Waals surface area contributed by atoms with Gasteiger partial charge >= 0.3 is 0 Å². The molecular weight excluding hydrogens is 208 g/mol. The molecule has 4 heteroatoms. The van der Waals surface area contributed by atoms with Gasteiger partial charge in [-0.15, -0.1) is 0 Å². The smallest absolute Gasteiger partial charge is 0.117 e. The Morgan fingerprint density at radius 1 is 1.40 bits per heavy atom. The van der Waals surface area contributed by atoms with E-state index in [0.717, 1.165) is 15.9 Å². The SMILES string of the molecule is CC(C)(O)CNc1snc2ccccc12. The molecule has 0 amide bonds. The van der Waals surface area contributed by atoms with E-state index in [1.807, 2.05) is 24.3 Å². The summed E-state index contributed by atoms with van der Waals surface area (Å²) in [6, 6.07) is 7.99. The van der Waals surface area contributed by atoms with E-state index in [-0.39, 0.29) is 0 Å². The van der Waals surface area contributed by atoms with E-state index < -0.39 is 5.60 Å². The van der Waals surface area contributed by atoms with Gasteiger partial charge in [0.2, 0.25) is 0 Å². The fraction of sp³-hybridized carbons (Fsp3) is 0.364. The van der Waals surface area contributed by atoms with Crippen LogP contribution in [-0.4, -0.2) is 21.6 Å². The predicted molar refractivity (Wildman–Crippen MR) is 64.4 cm³/mol. The molecule has 0 radical (unpaired) electrons. The van der Waals surface area contributed by atoms with Crippen LogP contribution in [-0.2, 0) is 0 Å². The van der Waals surface area contributed by atoms with Gasteiger partial charge in [-0.1, -0.05) is 12.1 Å². The maximum absolute atomic E-state index is 9.61. The van der Waals surface area contributed by atoms with Gasteiger partial charge in [-0.3, -0.25) is 0 Å². The first-order valence-corrected chi connectivity index (χ1v) is 5.64. The van der Waals surface area contributed by atoms with Crippen LogP contribution in [0.3, 0.4) is 0 Å². The van der Waals surface area contributed by atoms with Gasteiger partial charge in [-0.2, -0.15) is 4.37 Å². The maximum atomic E-state index is 9.61. The van der Waals surface area contributed by atoms with Crippen LogP contribution in [0.2, 0.25) is 0 Å². The lowest BCUT2D eigenvalue weighted by Gasteiger charge is -2.17. The van der Waals surface area contributed by atoms with E-state index in [2.05, 4.69) is 9.69 Å². The normalized spacial score (nSPS) is 11.9. The summed E-state index contributed by atoms with van der Waals surface area (Å²) >= 11 is 1.43. The van der Waals surface area contributed by atoms with Crippen LogP contribution in [0.4, 0.5) is 5.00 Å². The monoisotopic (exact) mass is 222 g/mol. The third kappa shape index (κ3) is 2.46. The van der Waals surface area contributed by atoms with E-state index in [9.17, 15) is 5.11 Å². The highest BCUT2D eigenvalue weighted by Gasteiger charge is 2.13. The largest absolute Gasteiger partial charge is 0.389 e. The number of rotatable bonds is 3. The second-order valence-corrected chi connectivity index (χ2v) is 4.97. The molecule has 1 aromatic heterocycles. The topological polar surface area (TPSA) is 45.1 Å². The van der Waals surface area contributed by atoms with Crippen LogP contribution in [0.5, 0.6) is 0 Å². The minimum absolute atomic E-state index is 0.527. The van der Waals surface area contributed by atoms with Gasteiger partial charge < -0.3 is 10.4 Å². The molecule has 0 saturated heterocycles. The maximum Gasteiger partial charge on any atom is 0.117 e. The predicted octanol–water partition coefficient (Wildman–Crippen LogP) is 2.48. The second-order valence-electron chi connectivity index (χ2n) is 4.19. The highest BCUT2D eigenvalue weighted by Crippen LogP contribution is 2.27. The number of benzene rings is 1. The number of hydrogen-bond acceptors (Lipinski definition) is 4. The lowest BCUT2D eigenvalue weighted by Crippen LogP contribution is -2.29. The summed E-state index contributed by atoms with van der Waals surface area (Å²) in [7, 11) is 0. The first-order chi connectivity index (χ1) is 7.06. The molecule has 0 unspecified atom stereocenters. The second kappa shape index (κ2) is 3.79. The van der Waals surface area contributed by atoms with Crippen molar-refractivity contribution in [3.63, 3.8) is 0 Å². The molecule has 3 nitrogen and oxygen atoms in total. The average Bonchev–Trinajstić information content (AvgIpc) is 2.57. The lowest BCUT2D eigenvalue weighted by molar-refractivity contribution is 0.0946. The molecule has 0 saturated carbocycles. The van der Waals surface area contributed by atoms with Crippen molar-refractivity contribution in [1.82, 2.24) is 4.37 Å². The molecule has 80 valence electrons. The Kier molecular flexibility index (Phi) is 2.63. The van der Waals surface area contributed by atoms with Crippen LogP contribution in [0.15, 0.2) is 24.3 Å². The summed E-state index contributed by atoms with van der Waals surface area (Å²) in [6.45, 7) is 4.09. The third-order valence-electron chi connectivity index (χ3n) is 2.07. The fourth-order valence-electron chi connectivity index (χ4n) is 1.31. The van der Waals surface area contributed by atoms with Crippen molar-refractivity contribution in [2.75, 3.05) is 11.9 Å². The summed E-state index contributed by atoms with van der Waals surface area (Å²) in [5.41, 5.74) is 0.297. The van der Waals surface area contributed by atoms with Crippen molar-refractivity contribution in [3.8, 4) is 0 Å². The zero-order valence-electron chi connectivity index (χ0n) is 8.82. The highest BCUT2D eigenvalue weighted by molar-refractivity contribution is 7.11. The Bertz CT molecular complexity index is 459. The molecule has 2 rings (SSSR count). The van der Waals surface area contributed by atoms with Crippen molar-refractivity contribution >= 4 is 27.4 Å². The van der Waals surface area contributed by atoms with Crippen LogP contribution >= 0.6 is 11.5 Å². The average molecular weight is 222 g/mol. The van der Waals surface area contributed by atoms with Crippen LogP contribution < -0.4 is 5.32 Å². The first-order valence-electron chi connectivity index (χ1n) is 4.87. The lowest BCUT2D eigenvalue weighted by atomic mass is 10.1. The van der Waals surface area contributed by atoms with Crippen LogP contribution in [0.25, 0.3) is 10.9 Å². The van der Waals surface area contributed by atoms with Crippen molar-refractivity contribution in [2.45, 2.75) is 19.4 Å². The van der Waals surface area contributed by atoms with Crippen LogP contribution in [0, 0.1) is 0 Å². The molecule has 2 N–H and O–H groups in total. The molecule has 0 atom stereocenters. The highest BCUT2D eigenvalue weighted by atomic mass is 32.1. The Hall–Kier alpha value is -1.13. The Morgan fingerprint density at radius 3 is 2.87 bits per heavy atom. The third-order valence-corrected chi connectivity index (χ3v) is 2.90. The van der Waals surface area contributed by atoms with Gasteiger partial charge in [-0.05, 0) is 37.5 Å². The molecule has 1 heterocycles. The molecule has 0 aliphatic heterocycles. The zero-order chi connectivity index (χ0) is 10.9. The molecule has 2 aromatic rings. The molecule has 15 heavy (non-hydrogen) atoms. The van der Waals surface area contributed by atoms with Crippen molar-refractivity contribution in [2.24, 2.45) is 0 Å². The molecule has 0 spiro atoms. The molecular formula is C11H14N2OS. The van der Waals surface area contributed by atoms with Crippen molar-refractivity contribution < 1.29 is 5.11 Å². The number of aromatic nitrogens is 1. The zero-order valence-corrected chi connectivity index (χ0v) is 9.64. The molecule has 0 aliphatic carbocycles. The van der Waals surface area contributed by atoms with Gasteiger partial charge in [0.05, 0.1) is 11.1 Å². The Labute approximate surface area is 92.9 Å². The number of nitrogens with zero attached hydrogens (tertiary/aromatic N) is 1. The van der Waals surface area contributed by atoms with Crippen molar-refractivity contribution in [3.05, 3.63) is 24.3 Å². The molecule has 0 bridgehead atoms. The number of anilines is 1. The first kappa shape index (κ1) is 10.4. The molecule has 0 aliphatic rings. The van der Waals surface area contributed by atoms with Crippen molar-refractivity contribution in [1.29, 1.82) is 0 Å². The summed E-state index contributed by atoms with van der Waals surface area (Å²) in [5, 5.41) is 15.0. The Morgan fingerprint density at radius 2 is 2.13 bits per heavy atom. The number of hydrogen-bond donors (Lipinski definition) is 2. The fourth-order valence-corrected chi connectivity index (χ4v) is 2.07. The molecule has 0 fully saturated rings. The van der Waals surface area contributed by atoms with E-state index in [0.29, 0.717) is 6.54 Å². The van der Waals surface area contributed by atoms with Gasteiger partial charge in [0.15, 0.2) is 0 Å². The van der Waals surface area contributed by atoms with E-state index in [1.54, 1.807) is 13.8 Å². The minimum atomic E-state index is -0.703. The summed E-state index contributed by atoms with van der Waals surface area (Å²) < 4.78 is 4.32. The number of aliphatic hydroxyl groups is 1. The summed E-state index contributed by atoms with van der Waals surface area (Å²) in [6.07, 6.45) is 0. The van der Waals surface area contributed by atoms with Gasteiger partial charge in [0.25, 0.3) is 0 Å². The standard InChI is InChI=1S/C11H14N2OS/c1-11(2,14)7-12-10-8-5-3-4-6-9(8)13-15-10/h3-6,12,14H,7H2,1-2H3. The number of nitrogens with one attached hydrogen (secondary N) is 1. The molecule has 1 aromatic carbocycles. The number of fused-ring (bicyclic) bond motifs is 1. The van der Waals surface area contributed by atoms with Crippen LogP contribution in [0.1, 0.15) is 13.8 Å². The van der Waals surface area contributed by atoms with Gasteiger partial charge in [-0.25, -0.2) is 0 Å². The minimum Gasteiger partial charge on any atom is -0.389 e. The van der Waals surface area contributed by atoms with E-state index in [4.69, 9.17) is 0 Å².